The van der Waals surface area contributed by atoms with Crippen LogP contribution in [0.3, 0.4) is 0 Å². The molecule has 2 aliphatic rings. The summed E-state index contributed by atoms with van der Waals surface area (Å²) in [5.41, 5.74) is 2.03. The number of nitrogens with zero attached hydrogens (tertiary/aromatic N) is 2. The van der Waals surface area contributed by atoms with Crippen molar-refractivity contribution in [3.05, 3.63) is 23.8 Å². The Balaban J connectivity index is 1.60. The molecule has 1 aromatic rings. The summed E-state index contributed by atoms with van der Waals surface area (Å²) in [4.78, 5) is 14.3. The maximum Gasteiger partial charge on any atom is 0.322 e. The highest BCUT2D eigenvalue weighted by molar-refractivity contribution is 7.88. The van der Waals surface area contributed by atoms with Gasteiger partial charge in [-0.15, -0.1) is 0 Å². The number of benzene rings is 1. The zero-order valence-electron chi connectivity index (χ0n) is 14.0. The van der Waals surface area contributed by atoms with E-state index in [2.05, 4.69) is 5.32 Å². The van der Waals surface area contributed by atoms with Gasteiger partial charge in [-0.2, -0.15) is 0 Å². The fourth-order valence-electron chi connectivity index (χ4n) is 3.30. The smallest absolute Gasteiger partial charge is 0.322 e. The lowest BCUT2D eigenvalue weighted by molar-refractivity contribution is 0.233. The number of amides is 2. The highest BCUT2D eigenvalue weighted by Gasteiger charge is 2.29. The van der Waals surface area contributed by atoms with Crippen molar-refractivity contribution in [3.8, 4) is 5.75 Å². The molecule has 0 unspecified atom stereocenters. The molecule has 2 amide bonds. The number of hydrogen-bond donors (Lipinski definition) is 1. The highest BCUT2D eigenvalue weighted by Crippen LogP contribution is 2.31. The van der Waals surface area contributed by atoms with Gasteiger partial charge in [0, 0.05) is 31.4 Å². The summed E-state index contributed by atoms with van der Waals surface area (Å²) >= 11 is 0. The molecule has 7 nitrogen and oxygen atoms in total. The third-order valence-corrected chi connectivity index (χ3v) is 5.98. The van der Waals surface area contributed by atoms with E-state index in [4.69, 9.17) is 4.74 Å². The normalized spacial score (nSPS) is 19.2. The molecule has 0 spiro atoms. The molecule has 0 aliphatic carbocycles. The number of rotatable bonds is 3. The third kappa shape index (κ3) is 3.49. The quantitative estimate of drug-likeness (QED) is 0.885. The van der Waals surface area contributed by atoms with Crippen LogP contribution < -0.4 is 15.0 Å². The molecule has 1 aromatic carbocycles. The summed E-state index contributed by atoms with van der Waals surface area (Å²) in [7, 11) is -1.51. The summed E-state index contributed by atoms with van der Waals surface area (Å²) in [5, 5.41) is 3.04. The van der Waals surface area contributed by atoms with Gasteiger partial charge < -0.3 is 10.1 Å². The van der Waals surface area contributed by atoms with Gasteiger partial charge in [-0.1, -0.05) is 0 Å². The van der Waals surface area contributed by atoms with Gasteiger partial charge >= 0.3 is 6.03 Å². The van der Waals surface area contributed by atoms with E-state index in [1.54, 1.807) is 12.0 Å². The average molecular weight is 353 g/mol. The van der Waals surface area contributed by atoms with Crippen LogP contribution in [0.5, 0.6) is 5.75 Å². The number of fused-ring (bicyclic) bond motifs is 1. The van der Waals surface area contributed by atoms with Gasteiger partial charge in [0.1, 0.15) is 5.75 Å². The fraction of sp³-hybridized carbons (Fsp3) is 0.562. The van der Waals surface area contributed by atoms with E-state index in [9.17, 15) is 13.2 Å². The first-order chi connectivity index (χ1) is 11.4. The minimum absolute atomic E-state index is 0.0119. The van der Waals surface area contributed by atoms with Crippen molar-refractivity contribution in [3.63, 3.8) is 0 Å². The van der Waals surface area contributed by atoms with Crippen LogP contribution in [-0.2, 0) is 16.4 Å². The molecule has 0 aromatic heterocycles. The average Bonchev–Trinajstić information content (AvgIpc) is 2.97. The first-order valence-corrected chi connectivity index (χ1v) is 9.93. The Morgan fingerprint density at radius 2 is 1.96 bits per heavy atom. The Hall–Kier alpha value is -1.80. The number of hydrogen-bond acceptors (Lipinski definition) is 4. The molecular weight excluding hydrogens is 330 g/mol. The number of piperidine rings is 1. The van der Waals surface area contributed by atoms with Gasteiger partial charge in [-0.25, -0.2) is 17.5 Å². The minimum atomic E-state index is -3.14. The number of methoxy groups -OCH3 is 1. The zero-order chi connectivity index (χ0) is 17.3. The van der Waals surface area contributed by atoms with E-state index in [1.807, 2.05) is 18.2 Å². The maximum atomic E-state index is 12.6. The molecule has 0 saturated carbocycles. The van der Waals surface area contributed by atoms with Crippen LogP contribution in [0.25, 0.3) is 0 Å². The van der Waals surface area contributed by atoms with Crippen molar-refractivity contribution < 1.29 is 17.9 Å². The summed E-state index contributed by atoms with van der Waals surface area (Å²) in [6.45, 7) is 1.56. The Bertz CT molecular complexity index is 727. The van der Waals surface area contributed by atoms with Crippen LogP contribution in [-0.4, -0.2) is 57.8 Å². The van der Waals surface area contributed by atoms with Crippen LogP contribution in [0.2, 0.25) is 0 Å². The maximum absolute atomic E-state index is 12.6. The van der Waals surface area contributed by atoms with E-state index in [1.165, 1.54) is 10.6 Å². The molecule has 8 heteroatoms. The second-order valence-corrected chi connectivity index (χ2v) is 8.26. The number of carbonyl (C=O) groups excluding carboxylic acids is 1. The van der Waals surface area contributed by atoms with Gasteiger partial charge in [-0.3, -0.25) is 4.90 Å². The fourth-order valence-corrected chi connectivity index (χ4v) is 4.17. The second kappa shape index (κ2) is 6.60. The van der Waals surface area contributed by atoms with E-state index in [-0.39, 0.29) is 12.1 Å². The van der Waals surface area contributed by atoms with Crippen LogP contribution in [0.1, 0.15) is 18.4 Å². The van der Waals surface area contributed by atoms with Gasteiger partial charge in [0.2, 0.25) is 10.0 Å². The monoisotopic (exact) mass is 353 g/mol. The number of carbonyl (C=O) groups is 1. The molecule has 1 saturated heterocycles. The molecule has 0 atom stereocenters. The third-order valence-electron chi connectivity index (χ3n) is 4.68. The largest absolute Gasteiger partial charge is 0.497 e. The standard InChI is InChI=1S/C16H23N3O4S/c1-23-14-3-4-15-12(11-14)5-10-19(15)16(20)17-13-6-8-18(9-7-13)24(2,21)22/h3-4,11,13H,5-10H2,1-2H3,(H,17,20). The van der Waals surface area contributed by atoms with E-state index in [0.717, 1.165) is 23.4 Å². The first-order valence-electron chi connectivity index (χ1n) is 8.08. The van der Waals surface area contributed by atoms with Crippen LogP contribution in [0, 0.1) is 0 Å². The Morgan fingerprint density at radius 1 is 1.25 bits per heavy atom. The minimum Gasteiger partial charge on any atom is -0.497 e. The predicted molar refractivity (Wildman–Crippen MR) is 92.0 cm³/mol. The number of ether oxygens (including phenoxy) is 1. The van der Waals surface area contributed by atoms with Crippen molar-refractivity contribution in [2.24, 2.45) is 0 Å². The van der Waals surface area contributed by atoms with Gasteiger partial charge in [0.05, 0.1) is 13.4 Å². The number of anilines is 1. The molecule has 2 heterocycles. The predicted octanol–water partition coefficient (Wildman–Crippen LogP) is 1.19. The van der Waals surface area contributed by atoms with E-state index < -0.39 is 10.0 Å². The molecule has 0 bridgehead atoms. The van der Waals surface area contributed by atoms with Gasteiger partial charge in [-0.05, 0) is 43.0 Å². The van der Waals surface area contributed by atoms with Crippen molar-refractivity contribution >= 4 is 21.7 Å². The van der Waals surface area contributed by atoms with Gasteiger partial charge in [0.15, 0.2) is 0 Å². The van der Waals surface area contributed by atoms with Crippen LogP contribution >= 0.6 is 0 Å². The van der Waals surface area contributed by atoms with Crippen molar-refractivity contribution in [1.82, 2.24) is 9.62 Å². The summed E-state index contributed by atoms with van der Waals surface area (Å²) < 4.78 is 29.8. The molecule has 2 aliphatic heterocycles. The lowest BCUT2D eigenvalue weighted by atomic mass is 10.1. The molecule has 24 heavy (non-hydrogen) atoms. The molecule has 1 fully saturated rings. The Morgan fingerprint density at radius 3 is 2.58 bits per heavy atom. The SMILES string of the molecule is COc1ccc2c(c1)CCN2C(=O)NC1CCN(S(C)(=O)=O)CC1. The van der Waals surface area contributed by atoms with Crippen molar-refractivity contribution in [2.45, 2.75) is 25.3 Å². The van der Waals surface area contributed by atoms with E-state index in [0.29, 0.717) is 32.5 Å². The highest BCUT2D eigenvalue weighted by atomic mass is 32.2. The second-order valence-electron chi connectivity index (χ2n) is 6.28. The summed E-state index contributed by atoms with van der Waals surface area (Å²) in [5.74, 6) is 0.796. The Labute approximate surface area is 142 Å². The molecular formula is C16H23N3O4S. The lowest BCUT2D eigenvalue weighted by Crippen LogP contribution is -2.49. The summed E-state index contributed by atoms with van der Waals surface area (Å²) in [6.07, 6.45) is 3.32. The topological polar surface area (TPSA) is 79.0 Å². The van der Waals surface area contributed by atoms with Gasteiger partial charge in [0.25, 0.3) is 0 Å². The summed E-state index contributed by atoms with van der Waals surface area (Å²) in [6, 6.07) is 5.63. The van der Waals surface area contributed by atoms with Crippen LogP contribution in [0.4, 0.5) is 10.5 Å². The van der Waals surface area contributed by atoms with Crippen LogP contribution in [0.15, 0.2) is 18.2 Å². The molecule has 0 radical (unpaired) electrons. The molecule has 3 rings (SSSR count). The Kier molecular flexibility index (Phi) is 4.69. The van der Waals surface area contributed by atoms with Crippen molar-refractivity contribution in [1.29, 1.82) is 0 Å². The first kappa shape index (κ1) is 17.0. The van der Waals surface area contributed by atoms with Crippen molar-refractivity contribution in [2.75, 3.05) is 37.9 Å². The number of sulfonamides is 1. The molecule has 1 N–H and O–H groups in total. The number of nitrogens with one attached hydrogen (secondary N) is 1. The molecule has 132 valence electrons. The zero-order valence-corrected chi connectivity index (χ0v) is 14.8. The van der Waals surface area contributed by atoms with E-state index >= 15 is 0 Å². The lowest BCUT2D eigenvalue weighted by Gasteiger charge is -2.31. The number of urea groups is 1.